The summed E-state index contributed by atoms with van der Waals surface area (Å²) in [5.74, 6) is -0.449. The first-order chi connectivity index (χ1) is 7.20. The van der Waals surface area contributed by atoms with Crippen molar-refractivity contribution in [3.8, 4) is 0 Å². The maximum absolute atomic E-state index is 10.9. The van der Waals surface area contributed by atoms with E-state index in [2.05, 4.69) is 4.98 Å². The largest absolute Gasteiger partial charge is 0.417 e. The highest BCUT2D eigenvalue weighted by molar-refractivity contribution is 5.72. The molecule has 1 heterocycles. The van der Waals surface area contributed by atoms with Crippen LogP contribution in [-0.2, 0) is 0 Å². The second-order valence-corrected chi connectivity index (χ2v) is 3.45. The fraction of sp³-hybridized carbons (Fsp3) is 0.300. The maximum Gasteiger partial charge on any atom is 0.417 e. The Bertz CT molecular complexity index is 515. The Morgan fingerprint density at radius 2 is 2.27 bits per heavy atom. The number of fused-ring (bicyclic) bond motifs is 1. The van der Waals surface area contributed by atoms with Crippen LogP contribution in [0.5, 0.6) is 0 Å². The minimum atomic E-state index is -0.449. The van der Waals surface area contributed by atoms with Gasteiger partial charge in [-0.05, 0) is 30.7 Å². The highest BCUT2D eigenvalue weighted by Crippen LogP contribution is 2.18. The van der Waals surface area contributed by atoms with Crippen LogP contribution in [0.4, 0.5) is 0 Å². The predicted octanol–water partition coefficient (Wildman–Crippen LogP) is 0.470. The number of H-pyrrole nitrogens is 1. The van der Waals surface area contributed by atoms with Gasteiger partial charge in [-0.3, -0.25) is 4.98 Å². The Morgan fingerprint density at radius 1 is 1.47 bits per heavy atom. The van der Waals surface area contributed by atoms with E-state index in [-0.39, 0.29) is 6.04 Å². The van der Waals surface area contributed by atoms with E-state index in [1.165, 1.54) is 0 Å². The fourth-order valence-electron chi connectivity index (χ4n) is 1.55. The van der Waals surface area contributed by atoms with Gasteiger partial charge in [-0.15, -0.1) is 0 Å². The van der Waals surface area contributed by atoms with Crippen molar-refractivity contribution in [2.75, 3.05) is 6.54 Å². The molecule has 0 aliphatic rings. The Morgan fingerprint density at radius 3 is 3.00 bits per heavy atom. The minimum Gasteiger partial charge on any atom is -0.408 e. The molecule has 1 atom stereocenters. The molecule has 0 radical (unpaired) electrons. The molecule has 0 amide bonds. The summed E-state index contributed by atoms with van der Waals surface area (Å²) in [5, 5.41) is 0. The number of hydrogen-bond donors (Lipinski definition) is 3. The number of benzene rings is 1. The van der Waals surface area contributed by atoms with E-state index < -0.39 is 5.76 Å². The van der Waals surface area contributed by atoms with Crippen LogP contribution in [0, 0.1) is 0 Å². The molecular weight excluding hydrogens is 194 g/mol. The van der Waals surface area contributed by atoms with Gasteiger partial charge in [-0.2, -0.15) is 0 Å². The molecule has 0 saturated carbocycles. The first-order valence-corrected chi connectivity index (χ1v) is 4.79. The van der Waals surface area contributed by atoms with Crippen LogP contribution < -0.4 is 17.2 Å². The second kappa shape index (κ2) is 3.88. The first kappa shape index (κ1) is 9.95. The van der Waals surface area contributed by atoms with Crippen molar-refractivity contribution in [3.63, 3.8) is 0 Å². The molecule has 1 aromatic heterocycles. The molecule has 0 aliphatic carbocycles. The zero-order chi connectivity index (χ0) is 10.8. The fourth-order valence-corrected chi connectivity index (χ4v) is 1.55. The van der Waals surface area contributed by atoms with E-state index in [1.807, 2.05) is 12.1 Å². The van der Waals surface area contributed by atoms with E-state index in [0.717, 1.165) is 5.56 Å². The number of rotatable bonds is 3. The average Bonchev–Trinajstić information content (AvgIpc) is 2.57. The normalized spacial score (nSPS) is 13.2. The number of oxazole rings is 1. The average molecular weight is 207 g/mol. The van der Waals surface area contributed by atoms with Gasteiger partial charge >= 0.3 is 5.76 Å². The van der Waals surface area contributed by atoms with Crippen molar-refractivity contribution in [3.05, 3.63) is 34.3 Å². The summed E-state index contributed by atoms with van der Waals surface area (Å²) in [4.78, 5) is 13.5. The molecule has 2 aromatic rings. The zero-order valence-corrected chi connectivity index (χ0v) is 8.19. The summed E-state index contributed by atoms with van der Waals surface area (Å²) in [7, 11) is 0. The van der Waals surface area contributed by atoms with E-state index in [4.69, 9.17) is 15.9 Å². The third-order valence-electron chi connectivity index (χ3n) is 2.35. The molecule has 80 valence electrons. The molecule has 2 rings (SSSR count). The zero-order valence-electron chi connectivity index (χ0n) is 8.19. The van der Waals surface area contributed by atoms with Crippen molar-refractivity contribution < 1.29 is 4.42 Å². The van der Waals surface area contributed by atoms with Crippen LogP contribution in [0.25, 0.3) is 11.1 Å². The van der Waals surface area contributed by atoms with E-state index in [0.29, 0.717) is 24.1 Å². The van der Waals surface area contributed by atoms with Crippen LogP contribution in [0.15, 0.2) is 27.4 Å². The molecule has 5 N–H and O–H groups in total. The van der Waals surface area contributed by atoms with Crippen LogP contribution in [-0.4, -0.2) is 11.5 Å². The molecule has 1 aromatic carbocycles. The summed E-state index contributed by atoms with van der Waals surface area (Å²) in [6, 6.07) is 5.30. The standard InChI is InChI=1S/C10H13N3O2/c11-4-3-7(12)6-1-2-9-8(5-6)13-10(14)15-9/h1-2,5,7H,3-4,11-12H2,(H,13,14). The lowest BCUT2D eigenvalue weighted by Gasteiger charge is -2.09. The molecule has 0 aliphatic heterocycles. The van der Waals surface area contributed by atoms with Gasteiger partial charge in [0.25, 0.3) is 0 Å². The lowest BCUT2D eigenvalue weighted by molar-refractivity contribution is 0.555. The van der Waals surface area contributed by atoms with Crippen LogP contribution in [0.1, 0.15) is 18.0 Å². The summed E-state index contributed by atoms with van der Waals surface area (Å²) in [6.45, 7) is 0.543. The number of nitrogens with one attached hydrogen (secondary N) is 1. The van der Waals surface area contributed by atoms with Gasteiger partial charge in [0.05, 0.1) is 5.52 Å². The maximum atomic E-state index is 10.9. The molecule has 0 saturated heterocycles. The highest BCUT2D eigenvalue weighted by atomic mass is 16.4. The summed E-state index contributed by atoms with van der Waals surface area (Å²) < 4.78 is 4.89. The summed E-state index contributed by atoms with van der Waals surface area (Å²) in [5.41, 5.74) is 13.5. The molecule has 15 heavy (non-hydrogen) atoms. The Labute approximate surface area is 86.1 Å². The molecule has 0 spiro atoms. The van der Waals surface area contributed by atoms with Crippen molar-refractivity contribution in [1.29, 1.82) is 0 Å². The predicted molar refractivity (Wildman–Crippen MR) is 57.4 cm³/mol. The molecular formula is C10H13N3O2. The lowest BCUT2D eigenvalue weighted by atomic mass is 10.0. The van der Waals surface area contributed by atoms with Crippen molar-refractivity contribution in [1.82, 2.24) is 4.98 Å². The van der Waals surface area contributed by atoms with Gasteiger partial charge in [-0.25, -0.2) is 4.79 Å². The van der Waals surface area contributed by atoms with Gasteiger partial charge in [0.15, 0.2) is 5.58 Å². The molecule has 5 nitrogen and oxygen atoms in total. The molecule has 0 fully saturated rings. The van der Waals surface area contributed by atoms with Crippen LogP contribution in [0.2, 0.25) is 0 Å². The van der Waals surface area contributed by atoms with Gasteiger partial charge in [0.1, 0.15) is 0 Å². The van der Waals surface area contributed by atoms with Crippen molar-refractivity contribution in [2.45, 2.75) is 12.5 Å². The third-order valence-corrected chi connectivity index (χ3v) is 2.35. The Balaban J connectivity index is 2.41. The SMILES string of the molecule is NCCC(N)c1ccc2oc(=O)[nH]c2c1. The smallest absolute Gasteiger partial charge is 0.408 e. The topological polar surface area (TPSA) is 98.0 Å². The number of nitrogens with two attached hydrogens (primary N) is 2. The van der Waals surface area contributed by atoms with Crippen molar-refractivity contribution >= 4 is 11.1 Å². The number of hydrogen-bond acceptors (Lipinski definition) is 4. The van der Waals surface area contributed by atoms with Crippen molar-refractivity contribution in [2.24, 2.45) is 11.5 Å². The second-order valence-electron chi connectivity index (χ2n) is 3.45. The monoisotopic (exact) mass is 207 g/mol. The van der Waals surface area contributed by atoms with E-state index in [1.54, 1.807) is 6.07 Å². The van der Waals surface area contributed by atoms with E-state index in [9.17, 15) is 4.79 Å². The van der Waals surface area contributed by atoms with Gasteiger partial charge < -0.3 is 15.9 Å². The first-order valence-electron chi connectivity index (χ1n) is 4.79. The van der Waals surface area contributed by atoms with Crippen LogP contribution >= 0.6 is 0 Å². The Hall–Kier alpha value is -1.59. The minimum absolute atomic E-state index is 0.0993. The van der Waals surface area contributed by atoms with E-state index >= 15 is 0 Å². The third kappa shape index (κ3) is 1.93. The van der Waals surface area contributed by atoms with Gasteiger partial charge in [-0.1, -0.05) is 6.07 Å². The number of aromatic nitrogens is 1. The molecule has 1 unspecified atom stereocenters. The summed E-state index contributed by atoms with van der Waals surface area (Å²) >= 11 is 0. The number of aromatic amines is 1. The highest BCUT2D eigenvalue weighted by Gasteiger charge is 2.07. The Kier molecular flexibility index (Phi) is 2.57. The summed E-state index contributed by atoms with van der Waals surface area (Å²) in [6.07, 6.45) is 0.716. The lowest BCUT2D eigenvalue weighted by Crippen LogP contribution is -2.15. The van der Waals surface area contributed by atoms with Crippen LogP contribution in [0.3, 0.4) is 0 Å². The molecule has 5 heteroatoms. The quantitative estimate of drug-likeness (QED) is 0.681. The van der Waals surface area contributed by atoms with Gasteiger partial charge in [0, 0.05) is 6.04 Å². The van der Waals surface area contributed by atoms with Gasteiger partial charge in [0.2, 0.25) is 0 Å². The molecule has 0 bridgehead atoms.